The van der Waals surface area contributed by atoms with E-state index in [1.165, 1.54) is 22.2 Å². The summed E-state index contributed by atoms with van der Waals surface area (Å²) in [4.78, 5) is 15.3. The quantitative estimate of drug-likeness (QED) is 0.753. The molecule has 112 valence electrons. The first-order valence-electron chi connectivity index (χ1n) is 7.39. The maximum atomic E-state index is 11.8. The molecule has 21 heavy (non-hydrogen) atoms. The number of carbonyl (C=O) groups is 1. The molecule has 1 aromatic carbocycles. The van der Waals surface area contributed by atoms with Crippen LogP contribution >= 0.6 is 0 Å². The molecule has 3 N–H and O–H groups in total. The number of aromatic nitrogens is 1. The van der Waals surface area contributed by atoms with Gasteiger partial charge in [0, 0.05) is 42.7 Å². The van der Waals surface area contributed by atoms with Gasteiger partial charge in [0.15, 0.2) is 0 Å². The summed E-state index contributed by atoms with van der Waals surface area (Å²) in [6.45, 7) is 1.07. The minimum absolute atomic E-state index is 0.114. The molecule has 1 aliphatic carbocycles. The van der Waals surface area contributed by atoms with E-state index >= 15 is 0 Å². The van der Waals surface area contributed by atoms with Crippen molar-refractivity contribution >= 4 is 16.9 Å². The summed E-state index contributed by atoms with van der Waals surface area (Å²) in [7, 11) is 1.62. The Morgan fingerprint density at radius 1 is 1.43 bits per heavy atom. The van der Waals surface area contributed by atoms with Crippen LogP contribution in [0, 0.1) is 0 Å². The average molecular weight is 287 g/mol. The van der Waals surface area contributed by atoms with Crippen molar-refractivity contribution in [1.29, 1.82) is 0 Å². The number of amides is 2. The highest BCUT2D eigenvalue weighted by atomic mass is 16.5. The number of hydrogen-bond donors (Lipinski definition) is 3. The van der Waals surface area contributed by atoms with Crippen LogP contribution in [0.15, 0.2) is 24.3 Å². The van der Waals surface area contributed by atoms with Gasteiger partial charge in [-0.3, -0.25) is 0 Å². The molecule has 1 heterocycles. The minimum Gasteiger partial charge on any atom is -0.383 e. The Balaban J connectivity index is 1.63. The van der Waals surface area contributed by atoms with E-state index in [1.54, 1.807) is 7.11 Å². The number of carbonyl (C=O) groups excluding carboxylic acids is 1. The van der Waals surface area contributed by atoms with E-state index < -0.39 is 0 Å². The third-order valence-electron chi connectivity index (χ3n) is 4.02. The molecule has 0 fully saturated rings. The summed E-state index contributed by atoms with van der Waals surface area (Å²) in [5.41, 5.74) is 3.85. The van der Waals surface area contributed by atoms with Crippen molar-refractivity contribution in [3.63, 3.8) is 0 Å². The summed E-state index contributed by atoms with van der Waals surface area (Å²) in [6, 6.07) is 8.46. The van der Waals surface area contributed by atoms with Crippen LogP contribution < -0.4 is 10.6 Å². The van der Waals surface area contributed by atoms with Gasteiger partial charge < -0.3 is 20.4 Å². The SMILES string of the molecule is COCCNC(=O)NC1CCc2c([nH]c3ccccc23)C1. The van der Waals surface area contributed by atoms with Crippen LogP contribution in [0.5, 0.6) is 0 Å². The smallest absolute Gasteiger partial charge is 0.315 e. The molecule has 5 nitrogen and oxygen atoms in total. The van der Waals surface area contributed by atoms with Gasteiger partial charge in [-0.2, -0.15) is 0 Å². The molecule has 0 spiro atoms. The largest absolute Gasteiger partial charge is 0.383 e. The highest BCUT2D eigenvalue weighted by Gasteiger charge is 2.23. The van der Waals surface area contributed by atoms with E-state index in [0.717, 1.165) is 19.3 Å². The molecule has 0 saturated heterocycles. The fraction of sp³-hybridized carbons (Fsp3) is 0.438. The second-order valence-corrected chi connectivity index (χ2v) is 5.46. The van der Waals surface area contributed by atoms with E-state index in [4.69, 9.17) is 4.74 Å². The highest BCUT2D eigenvalue weighted by molar-refractivity contribution is 5.85. The van der Waals surface area contributed by atoms with Crippen molar-refractivity contribution in [2.24, 2.45) is 0 Å². The summed E-state index contributed by atoms with van der Waals surface area (Å²) in [5, 5.41) is 7.15. The Kier molecular flexibility index (Phi) is 4.10. The molecule has 3 rings (SSSR count). The zero-order valence-corrected chi connectivity index (χ0v) is 12.2. The van der Waals surface area contributed by atoms with Gasteiger partial charge in [-0.1, -0.05) is 18.2 Å². The maximum Gasteiger partial charge on any atom is 0.315 e. The number of H-pyrrole nitrogens is 1. The van der Waals surface area contributed by atoms with Crippen molar-refractivity contribution in [3.8, 4) is 0 Å². The van der Waals surface area contributed by atoms with Crippen molar-refractivity contribution in [1.82, 2.24) is 15.6 Å². The summed E-state index contributed by atoms with van der Waals surface area (Å²) >= 11 is 0. The van der Waals surface area contributed by atoms with Crippen LogP contribution in [0.1, 0.15) is 17.7 Å². The molecule has 0 bridgehead atoms. The molecule has 1 atom stereocenters. The van der Waals surface area contributed by atoms with Gasteiger partial charge in [-0.05, 0) is 24.5 Å². The number of aryl methyl sites for hydroxylation is 1. The van der Waals surface area contributed by atoms with Crippen LogP contribution in [0.2, 0.25) is 0 Å². The molecule has 1 aromatic heterocycles. The normalized spacial score (nSPS) is 17.5. The van der Waals surface area contributed by atoms with Gasteiger partial charge in [-0.25, -0.2) is 4.79 Å². The molecule has 0 radical (unpaired) electrons. The zero-order chi connectivity index (χ0) is 14.7. The lowest BCUT2D eigenvalue weighted by Gasteiger charge is -2.23. The van der Waals surface area contributed by atoms with Gasteiger partial charge in [0.1, 0.15) is 0 Å². The predicted molar refractivity (Wildman–Crippen MR) is 82.5 cm³/mol. The number of methoxy groups -OCH3 is 1. The lowest BCUT2D eigenvalue weighted by molar-refractivity contribution is 0.194. The highest BCUT2D eigenvalue weighted by Crippen LogP contribution is 2.28. The number of benzene rings is 1. The zero-order valence-electron chi connectivity index (χ0n) is 12.2. The Hall–Kier alpha value is -2.01. The number of fused-ring (bicyclic) bond motifs is 3. The molecule has 0 aliphatic heterocycles. The Bertz CT molecular complexity index is 635. The molecular formula is C16H21N3O2. The van der Waals surface area contributed by atoms with Crippen molar-refractivity contribution in [2.45, 2.75) is 25.3 Å². The lowest BCUT2D eigenvalue weighted by Crippen LogP contribution is -2.45. The number of ether oxygens (including phenoxy) is 1. The van der Waals surface area contributed by atoms with Gasteiger partial charge >= 0.3 is 6.03 Å². The van der Waals surface area contributed by atoms with E-state index in [1.807, 2.05) is 6.07 Å². The van der Waals surface area contributed by atoms with E-state index in [0.29, 0.717) is 13.2 Å². The van der Waals surface area contributed by atoms with Crippen molar-refractivity contribution in [2.75, 3.05) is 20.3 Å². The van der Waals surface area contributed by atoms with Crippen LogP contribution in [-0.2, 0) is 17.6 Å². The van der Waals surface area contributed by atoms with Crippen LogP contribution in [0.3, 0.4) is 0 Å². The molecule has 2 aromatic rings. The second kappa shape index (κ2) is 6.18. The summed E-state index contributed by atoms with van der Waals surface area (Å²) < 4.78 is 4.91. The van der Waals surface area contributed by atoms with Crippen LogP contribution in [0.25, 0.3) is 10.9 Å². The summed E-state index contributed by atoms with van der Waals surface area (Å²) in [5.74, 6) is 0. The topological polar surface area (TPSA) is 66.2 Å². The monoisotopic (exact) mass is 287 g/mol. The number of hydrogen-bond acceptors (Lipinski definition) is 2. The number of nitrogens with one attached hydrogen (secondary N) is 3. The van der Waals surface area contributed by atoms with Crippen molar-refractivity contribution in [3.05, 3.63) is 35.5 Å². The van der Waals surface area contributed by atoms with Gasteiger partial charge in [0.25, 0.3) is 0 Å². The van der Waals surface area contributed by atoms with Crippen LogP contribution in [-0.4, -0.2) is 37.3 Å². The Morgan fingerprint density at radius 3 is 3.14 bits per heavy atom. The second-order valence-electron chi connectivity index (χ2n) is 5.46. The van der Waals surface area contributed by atoms with E-state index in [-0.39, 0.29) is 12.1 Å². The van der Waals surface area contributed by atoms with E-state index in [9.17, 15) is 4.79 Å². The first kappa shape index (κ1) is 13.9. The fourth-order valence-corrected chi connectivity index (χ4v) is 3.01. The summed E-state index contributed by atoms with van der Waals surface area (Å²) in [6.07, 6.45) is 2.84. The molecule has 1 aliphatic rings. The maximum absolute atomic E-state index is 11.8. The average Bonchev–Trinajstić information content (AvgIpc) is 2.85. The first-order valence-corrected chi connectivity index (χ1v) is 7.39. The molecule has 2 amide bonds. The molecule has 5 heteroatoms. The number of aromatic amines is 1. The van der Waals surface area contributed by atoms with Gasteiger partial charge in [0.05, 0.1) is 6.61 Å². The van der Waals surface area contributed by atoms with Crippen LogP contribution in [0.4, 0.5) is 4.79 Å². The number of urea groups is 1. The Labute approximate surface area is 124 Å². The molecule has 0 saturated carbocycles. The number of para-hydroxylation sites is 1. The fourth-order valence-electron chi connectivity index (χ4n) is 3.01. The van der Waals surface area contributed by atoms with Gasteiger partial charge in [0.2, 0.25) is 0 Å². The standard InChI is InChI=1S/C16H21N3O2/c1-21-9-8-17-16(20)18-11-6-7-13-12-4-2-3-5-14(12)19-15(13)10-11/h2-5,11,19H,6-10H2,1H3,(H2,17,18,20). The van der Waals surface area contributed by atoms with Gasteiger partial charge in [-0.15, -0.1) is 0 Å². The number of rotatable bonds is 4. The minimum atomic E-state index is -0.114. The third kappa shape index (κ3) is 3.03. The lowest BCUT2D eigenvalue weighted by atomic mass is 9.92. The Morgan fingerprint density at radius 2 is 2.29 bits per heavy atom. The van der Waals surface area contributed by atoms with Crippen molar-refractivity contribution < 1.29 is 9.53 Å². The van der Waals surface area contributed by atoms with E-state index in [2.05, 4.69) is 33.8 Å². The first-order chi connectivity index (χ1) is 10.3. The third-order valence-corrected chi connectivity index (χ3v) is 4.02. The molecule has 1 unspecified atom stereocenters. The molecular weight excluding hydrogens is 266 g/mol. The predicted octanol–water partition coefficient (Wildman–Crippen LogP) is 1.97.